The fourth-order valence-corrected chi connectivity index (χ4v) is 6.12. The third-order valence-electron chi connectivity index (χ3n) is 8.55. The summed E-state index contributed by atoms with van der Waals surface area (Å²) in [6.07, 6.45) is 5.62. The van der Waals surface area contributed by atoms with E-state index in [1.54, 1.807) is 4.68 Å². The average molecular weight is 523 g/mol. The number of anilines is 2. The number of likely N-dealkylation sites (tertiary alicyclic amines) is 1. The van der Waals surface area contributed by atoms with E-state index < -0.39 is 5.41 Å². The van der Waals surface area contributed by atoms with Crippen molar-refractivity contribution >= 4 is 28.4 Å². The van der Waals surface area contributed by atoms with Crippen LogP contribution in [0, 0.1) is 0 Å². The van der Waals surface area contributed by atoms with E-state index in [2.05, 4.69) is 47.4 Å². The Balaban J connectivity index is 1.30. The number of piperidine rings is 1. The van der Waals surface area contributed by atoms with Crippen LogP contribution in [-0.4, -0.2) is 45.2 Å². The van der Waals surface area contributed by atoms with E-state index in [-0.39, 0.29) is 11.3 Å². The van der Waals surface area contributed by atoms with Crippen LogP contribution < -0.4 is 11.1 Å². The molecule has 1 saturated carbocycles. The van der Waals surface area contributed by atoms with Gasteiger partial charge in [-0.25, -0.2) is 9.67 Å². The van der Waals surface area contributed by atoms with E-state index in [4.69, 9.17) is 10.7 Å². The first-order chi connectivity index (χ1) is 18.8. The lowest BCUT2D eigenvalue weighted by Gasteiger charge is -2.34. The van der Waals surface area contributed by atoms with Gasteiger partial charge in [0.15, 0.2) is 11.5 Å². The summed E-state index contributed by atoms with van der Waals surface area (Å²) < 4.78 is 1.78. The molecule has 2 aromatic heterocycles. The van der Waals surface area contributed by atoms with Gasteiger partial charge in [-0.05, 0) is 73.7 Å². The molecule has 0 radical (unpaired) electrons. The molecule has 2 fully saturated rings. The van der Waals surface area contributed by atoms with Crippen LogP contribution in [-0.2, 0) is 22.7 Å². The van der Waals surface area contributed by atoms with E-state index in [9.17, 15) is 4.79 Å². The summed E-state index contributed by atoms with van der Waals surface area (Å²) in [5.41, 5.74) is 11.6. The molecule has 3 N–H and O–H groups in total. The number of rotatable bonds is 7. The minimum atomic E-state index is -0.407. The van der Waals surface area contributed by atoms with Crippen molar-refractivity contribution in [3.8, 4) is 11.1 Å². The molecule has 2 aromatic carbocycles. The number of carbonyl (C=O) groups excluding carboxylic acids is 1. The largest absolute Gasteiger partial charge is 0.382 e. The number of amides is 1. The summed E-state index contributed by atoms with van der Waals surface area (Å²) in [5.74, 6) is 0.539. The van der Waals surface area contributed by atoms with Crippen molar-refractivity contribution in [3.05, 3.63) is 71.9 Å². The maximum Gasteiger partial charge on any atom is 0.235 e. The van der Waals surface area contributed by atoms with Crippen LogP contribution in [0.25, 0.3) is 22.2 Å². The zero-order chi connectivity index (χ0) is 27.2. The molecule has 0 spiro atoms. The molecule has 39 heavy (non-hydrogen) atoms. The molecule has 4 aromatic rings. The predicted molar refractivity (Wildman–Crippen MR) is 158 cm³/mol. The summed E-state index contributed by atoms with van der Waals surface area (Å²) in [5, 5.41) is 8.53. The Morgan fingerprint density at radius 2 is 1.72 bits per heavy atom. The van der Waals surface area contributed by atoms with Crippen molar-refractivity contribution in [2.45, 2.75) is 56.8 Å². The lowest BCUT2D eigenvalue weighted by atomic mass is 9.85. The molecule has 0 unspecified atom stereocenters. The highest BCUT2D eigenvalue weighted by Gasteiger charge is 2.51. The topological polar surface area (TPSA) is 89.1 Å². The molecule has 0 bridgehead atoms. The third kappa shape index (κ3) is 4.80. The molecule has 7 nitrogen and oxygen atoms in total. The van der Waals surface area contributed by atoms with Gasteiger partial charge in [0.1, 0.15) is 0 Å². The fraction of sp³-hybridized carbons (Fsp3) is 0.406. The molecule has 6 rings (SSSR count). The second-order valence-electron chi connectivity index (χ2n) is 12.0. The highest BCUT2D eigenvalue weighted by atomic mass is 16.2. The second-order valence-corrected chi connectivity index (χ2v) is 12.0. The van der Waals surface area contributed by atoms with Gasteiger partial charge in [0.25, 0.3) is 0 Å². The second kappa shape index (κ2) is 9.79. The molecule has 1 saturated heterocycles. The molecular weight excluding hydrogens is 484 g/mol. The number of nitrogens with one attached hydrogen (secondary N) is 1. The minimum Gasteiger partial charge on any atom is -0.382 e. The molecule has 7 heteroatoms. The Kier molecular flexibility index (Phi) is 6.42. The number of hydrogen-bond acceptors (Lipinski definition) is 5. The highest BCUT2D eigenvalue weighted by Crippen LogP contribution is 2.49. The molecule has 1 amide bonds. The van der Waals surface area contributed by atoms with E-state index in [1.807, 2.05) is 49.5 Å². The Morgan fingerprint density at radius 1 is 1.03 bits per heavy atom. The van der Waals surface area contributed by atoms with E-state index in [0.717, 1.165) is 71.6 Å². The Labute approximate surface area is 230 Å². The minimum absolute atomic E-state index is 0.0611. The standard InChI is InChI=1S/C32H38N6O/c1-31(2,21-38-18-8-5-9-19-38)26-20-25(27-28(33)36-37(3)29(27)35-26)22-12-14-24(15-13-22)34-30(39)32(16-17-32)23-10-6-4-7-11-23/h4,6-7,10-15,20H,5,8-9,16-19,21H2,1-3H3,(H2,33,36)(H,34,39). The number of nitrogen functional groups attached to an aromatic ring is 1. The Hall–Kier alpha value is -3.71. The summed E-state index contributed by atoms with van der Waals surface area (Å²) in [7, 11) is 1.90. The van der Waals surface area contributed by atoms with Gasteiger partial charge < -0.3 is 16.0 Å². The predicted octanol–water partition coefficient (Wildman–Crippen LogP) is 5.65. The van der Waals surface area contributed by atoms with Gasteiger partial charge >= 0.3 is 0 Å². The van der Waals surface area contributed by atoms with Crippen LogP contribution >= 0.6 is 0 Å². The zero-order valence-electron chi connectivity index (χ0n) is 23.2. The molecule has 2 aliphatic rings. The maximum absolute atomic E-state index is 13.2. The number of aryl methyl sites for hydroxylation is 1. The summed E-state index contributed by atoms with van der Waals surface area (Å²) >= 11 is 0. The SMILES string of the molecule is Cn1nc(N)c2c(-c3ccc(NC(=O)C4(c5ccccc5)CC4)cc3)cc(C(C)(C)CN3CCCCC3)nc21. The van der Waals surface area contributed by atoms with Crippen molar-refractivity contribution in [3.63, 3.8) is 0 Å². The lowest BCUT2D eigenvalue weighted by molar-refractivity contribution is -0.118. The normalized spacial score (nSPS) is 17.3. The number of nitrogens with zero attached hydrogens (tertiary/aromatic N) is 4. The van der Waals surface area contributed by atoms with Crippen molar-refractivity contribution < 1.29 is 4.79 Å². The van der Waals surface area contributed by atoms with E-state index in [0.29, 0.717) is 5.82 Å². The number of carbonyl (C=O) groups is 1. The molecule has 0 atom stereocenters. The van der Waals surface area contributed by atoms with Gasteiger partial charge in [-0.1, -0.05) is 62.7 Å². The van der Waals surface area contributed by atoms with Crippen LogP contribution in [0.15, 0.2) is 60.7 Å². The number of benzene rings is 2. The van der Waals surface area contributed by atoms with Gasteiger partial charge in [0.05, 0.1) is 16.5 Å². The van der Waals surface area contributed by atoms with Gasteiger partial charge in [-0.15, -0.1) is 0 Å². The van der Waals surface area contributed by atoms with Gasteiger partial charge in [0.2, 0.25) is 5.91 Å². The molecule has 3 heterocycles. The van der Waals surface area contributed by atoms with Crippen LogP contribution in [0.1, 0.15) is 57.2 Å². The number of fused-ring (bicyclic) bond motifs is 1. The van der Waals surface area contributed by atoms with Crippen LogP contribution in [0.4, 0.5) is 11.5 Å². The third-order valence-corrected chi connectivity index (χ3v) is 8.55. The summed E-state index contributed by atoms with van der Waals surface area (Å²) in [4.78, 5) is 20.9. The lowest BCUT2D eigenvalue weighted by Crippen LogP contribution is -2.40. The Morgan fingerprint density at radius 3 is 2.38 bits per heavy atom. The van der Waals surface area contributed by atoms with Crippen molar-refractivity contribution in [2.75, 3.05) is 30.7 Å². The number of nitrogens with two attached hydrogens (primary N) is 1. The quantitative estimate of drug-likeness (QED) is 0.327. The van der Waals surface area contributed by atoms with E-state index >= 15 is 0 Å². The van der Waals surface area contributed by atoms with Gasteiger partial charge in [0, 0.05) is 24.7 Å². The highest BCUT2D eigenvalue weighted by molar-refractivity contribution is 6.03. The monoisotopic (exact) mass is 522 g/mol. The van der Waals surface area contributed by atoms with Crippen LogP contribution in [0.3, 0.4) is 0 Å². The summed E-state index contributed by atoms with van der Waals surface area (Å²) in [6, 6.07) is 20.3. The molecule has 1 aliphatic heterocycles. The fourth-order valence-electron chi connectivity index (χ4n) is 6.12. The van der Waals surface area contributed by atoms with E-state index in [1.165, 1.54) is 19.3 Å². The zero-order valence-corrected chi connectivity index (χ0v) is 23.2. The number of hydrogen-bond donors (Lipinski definition) is 2. The van der Waals surface area contributed by atoms with Crippen molar-refractivity contribution in [1.82, 2.24) is 19.7 Å². The smallest absolute Gasteiger partial charge is 0.235 e. The Bertz CT molecular complexity index is 1500. The van der Waals surface area contributed by atoms with Crippen LogP contribution in [0.2, 0.25) is 0 Å². The average Bonchev–Trinajstić information content (AvgIpc) is 3.70. The van der Waals surface area contributed by atoms with Crippen molar-refractivity contribution in [2.24, 2.45) is 7.05 Å². The first-order valence-electron chi connectivity index (χ1n) is 14.1. The van der Waals surface area contributed by atoms with Crippen LogP contribution in [0.5, 0.6) is 0 Å². The summed E-state index contributed by atoms with van der Waals surface area (Å²) in [6.45, 7) is 7.81. The molecule has 202 valence electrons. The first kappa shape index (κ1) is 25.6. The number of pyridine rings is 1. The molecular formula is C32H38N6O. The molecule has 1 aliphatic carbocycles. The first-order valence-corrected chi connectivity index (χ1v) is 14.1. The van der Waals surface area contributed by atoms with Gasteiger partial charge in [-0.2, -0.15) is 5.10 Å². The maximum atomic E-state index is 13.2. The van der Waals surface area contributed by atoms with Crippen molar-refractivity contribution in [1.29, 1.82) is 0 Å². The van der Waals surface area contributed by atoms with Gasteiger partial charge in [-0.3, -0.25) is 4.79 Å². The number of aromatic nitrogens is 3.